The van der Waals surface area contributed by atoms with E-state index in [1.807, 2.05) is 0 Å². The van der Waals surface area contributed by atoms with Crippen molar-refractivity contribution in [1.82, 2.24) is 4.31 Å². The number of carbonyl (C=O) groups excluding carboxylic acids is 1. The van der Waals surface area contributed by atoms with Crippen molar-refractivity contribution in [2.24, 2.45) is 0 Å². The maximum absolute atomic E-state index is 13.6. The lowest BCUT2D eigenvalue weighted by molar-refractivity contribution is -0.137. The van der Waals surface area contributed by atoms with E-state index in [2.05, 4.69) is 0 Å². The summed E-state index contributed by atoms with van der Waals surface area (Å²) in [5, 5.41) is 0. The Balaban J connectivity index is 1.40. The predicted octanol–water partition coefficient (Wildman–Crippen LogP) is 5.99. The Bertz CT molecular complexity index is 1340. The first-order valence-corrected chi connectivity index (χ1v) is 12.7. The molecule has 0 aromatic heterocycles. The molecule has 1 aliphatic rings. The zero-order valence-electron chi connectivity index (χ0n) is 19.0. The van der Waals surface area contributed by atoms with Gasteiger partial charge in [0.25, 0.3) is 0 Å². The molecule has 0 bridgehead atoms. The molecule has 0 N–H and O–H groups in total. The second-order valence-corrected chi connectivity index (χ2v) is 10.4. The summed E-state index contributed by atoms with van der Waals surface area (Å²) in [6, 6.07) is 15.0. The number of hydrogen-bond donors (Lipinski definition) is 0. The van der Waals surface area contributed by atoms with Gasteiger partial charge in [0.1, 0.15) is 17.3 Å². The molecule has 0 spiro atoms. The highest BCUT2D eigenvalue weighted by atomic mass is 32.2. The minimum Gasteiger partial charge on any atom is -0.457 e. The van der Waals surface area contributed by atoms with Crippen molar-refractivity contribution >= 4 is 15.8 Å². The van der Waals surface area contributed by atoms with Crippen LogP contribution in [0.15, 0.2) is 77.7 Å². The average molecular weight is 522 g/mol. The van der Waals surface area contributed by atoms with E-state index < -0.39 is 33.6 Å². The molecule has 0 unspecified atom stereocenters. The number of ether oxygens (including phenoxy) is 1. The fourth-order valence-corrected chi connectivity index (χ4v) is 5.87. The van der Waals surface area contributed by atoms with Gasteiger partial charge in [0, 0.05) is 13.0 Å². The molecule has 190 valence electrons. The van der Waals surface area contributed by atoms with Crippen LogP contribution in [0.25, 0.3) is 0 Å². The topological polar surface area (TPSA) is 63.7 Å². The van der Waals surface area contributed by atoms with Crippen molar-refractivity contribution in [1.29, 1.82) is 0 Å². The third-order valence-electron chi connectivity index (χ3n) is 5.95. The molecule has 1 heterocycles. The van der Waals surface area contributed by atoms with Crippen LogP contribution in [0.4, 0.5) is 17.6 Å². The Morgan fingerprint density at radius 2 is 1.69 bits per heavy atom. The lowest BCUT2D eigenvalue weighted by Gasteiger charge is -2.23. The van der Waals surface area contributed by atoms with Gasteiger partial charge in [-0.05, 0) is 79.4 Å². The number of sulfonamides is 1. The molecule has 1 fully saturated rings. The van der Waals surface area contributed by atoms with Gasteiger partial charge in [-0.3, -0.25) is 4.79 Å². The number of benzene rings is 3. The first-order chi connectivity index (χ1) is 17.0. The Labute approximate surface area is 206 Å². The average Bonchev–Trinajstić information content (AvgIpc) is 3.34. The van der Waals surface area contributed by atoms with Crippen molar-refractivity contribution in [3.8, 4) is 11.5 Å². The standard InChI is InChI=1S/C26H23F4NO4S/c27-20-5-2-7-23(17-20)36(33,34)31-15-3-8-24(31)25(32)14-9-18-4-1-6-22(16-18)35-21-12-10-19(11-13-21)26(28,29)30/h1-2,4-7,10-13,16-17,24H,3,8-9,14-15H2/t24-/m0/s1. The summed E-state index contributed by atoms with van der Waals surface area (Å²) in [5.41, 5.74) is -0.0206. The second kappa shape index (κ2) is 10.4. The van der Waals surface area contributed by atoms with Crippen LogP contribution in [0.5, 0.6) is 11.5 Å². The van der Waals surface area contributed by atoms with Gasteiger partial charge in [-0.25, -0.2) is 12.8 Å². The minimum atomic E-state index is -4.43. The molecule has 0 aliphatic carbocycles. The molecule has 0 radical (unpaired) electrons. The zero-order chi connectivity index (χ0) is 25.9. The molecule has 1 atom stereocenters. The SMILES string of the molecule is O=C(CCc1cccc(Oc2ccc(C(F)(F)F)cc2)c1)[C@@H]1CCCN1S(=O)(=O)c1cccc(F)c1. The van der Waals surface area contributed by atoms with Gasteiger partial charge in [0.15, 0.2) is 5.78 Å². The number of rotatable bonds is 8. The van der Waals surface area contributed by atoms with Crippen LogP contribution in [0.1, 0.15) is 30.4 Å². The molecular weight excluding hydrogens is 498 g/mol. The molecule has 1 saturated heterocycles. The van der Waals surface area contributed by atoms with Gasteiger partial charge in [0.2, 0.25) is 10.0 Å². The molecule has 3 aromatic carbocycles. The van der Waals surface area contributed by atoms with Gasteiger partial charge in [0.05, 0.1) is 16.5 Å². The first kappa shape index (κ1) is 25.8. The lowest BCUT2D eigenvalue weighted by Crippen LogP contribution is -2.40. The van der Waals surface area contributed by atoms with Gasteiger partial charge >= 0.3 is 6.18 Å². The Morgan fingerprint density at radius 1 is 0.972 bits per heavy atom. The van der Waals surface area contributed by atoms with E-state index in [0.717, 1.165) is 34.1 Å². The van der Waals surface area contributed by atoms with Gasteiger partial charge in [-0.2, -0.15) is 17.5 Å². The van der Waals surface area contributed by atoms with Crippen LogP contribution >= 0.6 is 0 Å². The van der Waals surface area contributed by atoms with Crippen molar-refractivity contribution in [2.45, 2.75) is 42.8 Å². The predicted molar refractivity (Wildman–Crippen MR) is 125 cm³/mol. The van der Waals surface area contributed by atoms with Crippen molar-refractivity contribution in [3.05, 3.63) is 89.7 Å². The van der Waals surface area contributed by atoms with E-state index in [4.69, 9.17) is 4.74 Å². The van der Waals surface area contributed by atoms with E-state index in [9.17, 15) is 30.8 Å². The van der Waals surface area contributed by atoms with E-state index in [1.54, 1.807) is 24.3 Å². The summed E-state index contributed by atoms with van der Waals surface area (Å²) in [4.78, 5) is 12.8. The Hall–Kier alpha value is -3.24. The van der Waals surface area contributed by atoms with Crippen molar-refractivity contribution < 1.29 is 35.5 Å². The third-order valence-corrected chi connectivity index (χ3v) is 7.86. The molecule has 0 saturated carbocycles. The summed E-state index contributed by atoms with van der Waals surface area (Å²) in [5.74, 6) is -0.269. The number of ketones is 1. The second-order valence-electron chi connectivity index (χ2n) is 8.47. The summed E-state index contributed by atoms with van der Waals surface area (Å²) in [6.45, 7) is 0.186. The monoisotopic (exact) mass is 521 g/mol. The van der Waals surface area contributed by atoms with Crippen LogP contribution in [0, 0.1) is 5.82 Å². The number of nitrogens with zero attached hydrogens (tertiary/aromatic N) is 1. The smallest absolute Gasteiger partial charge is 0.416 e. The number of aryl methyl sites for hydroxylation is 1. The van der Waals surface area contributed by atoms with Gasteiger partial charge in [-0.15, -0.1) is 0 Å². The fourth-order valence-electron chi connectivity index (χ4n) is 4.16. The number of Topliss-reactive ketones (excluding diaryl/α,β-unsaturated/α-hetero) is 1. The highest BCUT2D eigenvalue weighted by molar-refractivity contribution is 7.89. The molecule has 1 aliphatic heterocycles. The Kier molecular flexibility index (Phi) is 7.46. The summed E-state index contributed by atoms with van der Waals surface area (Å²) >= 11 is 0. The van der Waals surface area contributed by atoms with Crippen LogP contribution in [0.2, 0.25) is 0 Å². The third kappa shape index (κ3) is 5.93. The molecule has 4 rings (SSSR count). The minimum absolute atomic E-state index is 0.0869. The zero-order valence-corrected chi connectivity index (χ0v) is 19.9. The van der Waals surface area contributed by atoms with Gasteiger partial charge in [-0.1, -0.05) is 18.2 Å². The quantitative estimate of drug-likeness (QED) is 0.342. The van der Waals surface area contributed by atoms with E-state index in [-0.39, 0.29) is 29.4 Å². The largest absolute Gasteiger partial charge is 0.457 e. The normalized spacial score (nSPS) is 16.7. The van der Waals surface area contributed by atoms with E-state index in [1.165, 1.54) is 24.3 Å². The molecule has 0 amide bonds. The summed E-state index contributed by atoms with van der Waals surface area (Å²) in [7, 11) is -4.01. The molecule has 10 heteroatoms. The maximum Gasteiger partial charge on any atom is 0.416 e. The fraction of sp³-hybridized carbons (Fsp3) is 0.269. The van der Waals surface area contributed by atoms with Crippen LogP contribution in [-0.2, 0) is 27.4 Å². The van der Waals surface area contributed by atoms with E-state index in [0.29, 0.717) is 25.0 Å². The summed E-state index contributed by atoms with van der Waals surface area (Å²) in [6.07, 6.45) is -3.10. The highest BCUT2D eigenvalue weighted by Crippen LogP contribution is 2.32. The molecule has 5 nitrogen and oxygen atoms in total. The number of carbonyl (C=O) groups is 1. The van der Waals surface area contributed by atoms with Crippen LogP contribution < -0.4 is 4.74 Å². The number of hydrogen-bond acceptors (Lipinski definition) is 4. The number of halogens is 4. The van der Waals surface area contributed by atoms with Crippen molar-refractivity contribution in [2.75, 3.05) is 6.54 Å². The lowest BCUT2D eigenvalue weighted by atomic mass is 10.0. The highest BCUT2D eigenvalue weighted by Gasteiger charge is 2.39. The van der Waals surface area contributed by atoms with Crippen molar-refractivity contribution in [3.63, 3.8) is 0 Å². The molecule has 3 aromatic rings. The number of alkyl halides is 3. The first-order valence-electron chi connectivity index (χ1n) is 11.3. The Morgan fingerprint density at radius 3 is 2.39 bits per heavy atom. The molecule has 36 heavy (non-hydrogen) atoms. The maximum atomic E-state index is 13.6. The van der Waals surface area contributed by atoms with E-state index >= 15 is 0 Å². The molecular formula is C26H23F4NO4S. The summed E-state index contributed by atoms with van der Waals surface area (Å²) < 4.78 is 84.6. The van der Waals surface area contributed by atoms with Crippen LogP contribution in [-0.4, -0.2) is 31.1 Å². The van der Waals surface area contributed by atoms with Crippen LogP contribution in [0.3, 0.4) is 0 Å². The van der Waals surface area contributed by atoms with Gasteiger partial charge < -0.3 is 4.74 Å².